The summed E-state index contributed by atoms with van der Waals surface area (Å²) < 4.78 is 22.4. The van der Waals surface area contributed by atoms with Gasteiger partial charge >= 0.3 is 5.97 Å². The van der Waals surface area contributed by atoms with Crippen LogP contribution in [0.3, 0.4) is 0 Å². The van der Waals surface area contributed by atoms with Crippen molar-refractivity contribution in [1.29, 1.82) is 0 Å². The summed E-state index contributed by atoms with van der Waals surface area (Å²) in [7, 11) is -1.25. The van der Waals surface area contributed by atoms with E-state index in [0.29, 0.717) is 23.7 Å². The van der Waals surface area contributed by atoms with Crippen LogP contribution in [0.2, 0.25) is 0 Å². The zero-order valence-electron chi connectivity index (χ0n) is 21.4. The summed E-state index contributed by atoms with van der Waals surface area (Å²) in [5.74, 6) is -0.479. The van der Waals surface area contributed by atoms with E-state index in [1.54, 1.807) is 20.8 Å². The van der Waals surface area contributed by atoms with Crippen LogP contribution in [0, 0.1) is 6.92 Å². The molecule has 2 aromatic rings. The van der Waals surface area contributed by atoms with E-state index in [1.807, 2.05) is 58.2 Å². The first-order chi connectivity index (χ1) is 15.7. The van der Waals surface area contributed by atoms with E-state index in [4.69, 9.17) is 4.74 Å². The molecular formula is C25H37N3O4S2. The van der Waals surface area contributed by atoms with E-state index in [-0.39, 0.29) is 18.1 Å². The number of benzene rings is 1. The normalized spacial score (nSPS) is 14.0. The average molecular weight is 508 g/mol. The van der Waals surface area contributed by atoms with Gasteiger partial charge in [-0.15, -0.1) is 0 Å². The van der Waals surface area contributed by atoms with Crippen molar-refractivity contribution in [3.8, 4) is 0 Å². The molecule has 1 N–H and O–H groups in total. The molecule has 0 spiro atoms. The first-order valence-electron chi connectivity index (χ1n) is 11.3. The minimum absolute atomic E-state index is 0.163. The van der Waals surface area contributed by atoms with Gasteiger partial charge in [0.2, 0.25) is 0 Å². The number of hydrogen-bond donors (Lipinski definition) is 1. The average Bonchev–Trinajstić information content (AvgIpc) is 2.71. The molecule has 2 atom stereocenters. The molecular weight excluding hydrogens is 470 g/mol. The lowest BCUT2D eigenvalue weighted by Gasteiger charge is -2.25. The lowest BCUT2D eigenvalue weighted by Crippen LogP contribution is -2.36. The van der Waals surface area contributed by atoms with Gasteiger partial charge in [0.25, 0.3) is 5.56 Å². The molecule has 0 saturated heterocycles. The van der Waals surface area contributed by atoms with Crippen molar-refractivity contribution in [1.82, 2.24) is 14.3 Å². The molecule has 0 aliphatic heterocycles. The largest absolute Gasteiger partial charge is 0.459 e. The number of ether oxygens (including phenoxy) is 1. The van der Waals surface area contributed by atoms with Gasteiger partial charge in [0.1, 0.15) is 12.1 Å². The van der Waals surface area contributed by atoms with Crippen LogP contribution in [0.1, 0.15) is 70.8 Å². The van der Waals surface area contributed by atoms with Crippen LogP contribution in [0.15, 0.2) is 40.3 Å². The standard InChI is InChI=1S/C25H37N3O4S2/c1-17-9-11-18(12-10-17)20(27-34(31)25(5,6)7)14-13-19-15-21(29)28(23(26-19)33-8)16-22(30)32-24(2,3)4/h9-12,15,20,27H,13-14,16H2,1-8H3/t20-,34+/m0/s1. The predicted octanol–water partition coefficient (Wildman–Crippen LogP) is 4.34. The smallest absolute Gasteiger partial charge is 0.326 e. The first kappa shape index (κ1) is 28.3. The van der Waals surface area contributed by atoms with E-state index < -0.39 is 27.3 Å². The molecule has 0 radical (unpaired) electrons. The molecule has 7 nitrogen and oxygen atoms in total. The number of aromatic nitrogens is 2. The summed E-state index contributed by atoms with van der Waals surface area (Å²) in [6, 6.07) is 9.44. The van der Waals surface area contributed by atoms with E-state index in [0.717, 1.165) is 11.1 Å². The third-order valence-electron chi connectivity index (χ3n) is 4.89. The Morgan fingerprint density at radius 3 is 2.32 bits per heavy atom. The summed E-state index contributed by atoms with van der Waals surface area (Å²) in [6.07, 6.45) is 2.95. The Kier molecular flexibility index (Phi) is 9.68. The molecule has 9 heteroatoms. The molecule has 1 aromatic carbocycles. The first-order valence-corrected chi connectivity index (χ1v) is 13.7. The molecule has 1 aromatic heterocycles. The van der Waals surface area contributed by atoms with Crippen molar-refractivity contribution in [2.75, 3.05) is 6.26 Å². The van der Waals surface area contributed by atoms with E-state index in [2.05, 4.69) is 9.71 Å². The number of carbonyl (C=O) groups is 1. The van der Waals surface area contributed by atoms with Crippen molar-refractivity contribution in [2.45, 2.75) is 89.4 Å². The maximum Gasteiger partial charge on any atom is 0.326 e. The van der Waals surface area contributed by atoms with Crippen molar-refractivity contribution < 1.29 is 13.7 Å². The number of nitrogens with zero attached hydrogens (tertiary/aromatic N) is 2. The quantitative estimate of drug-likeness (QED) is 0.308. The van der Waals surface area contributed by atoms with Crippen LogP contribution in [0.25, 0.3) is 0 Å². The van der Waals surface area contributed by atoms with Gasteiger partial charge in [0.15, 0.2) is 5.16 Å². The van der Waals surface area contributed by atoms with Crippen LogP contribution in [-0.2, 0) is 33.5 Å². The van der Waals surface area contributed by atoms with E-state index in [1.165, 1.54) is 22.4 Å². The molecule has 188 valence electrons. The molecule has 0 aliphatic rings. The molecule has 34 heavy (non-hydrogen) atoms. The predicted molar refractivity (Wildman–Crippen MR) is 139 cm³/mol. The number of nitrogens with one attached hydrogen (secondary N) is 1. The zero-order chi connectivity index (χ0) is 25.7. The third-order valence-corrected chi connectivity index (χ3v) is 7.18. The molecule has 0 saturated carbocycles. The number of aryl methyl sites for hydroxylation is 2. The van der Waals surface area contributed by atoms with Gasteiger partial charge < -0.3 is 4.74 Å². The molecule has 0 unspecified atom stereocenters. The number of rotatable bonds is 9. The molecule has 2 rings (SSSR count). The Bertz CT molecular complexity index is 1070. The maximum atomic E-state index is 12.8. The molecule has 0 fully saturated rings. The zero-order valence-corrected chi connectivity index (χ0v) is 23.1. The van der Waals surface area contributed by atoms with Crippen LogP contribution >= 0.6 is 11.8 Å². The van der Waals surface area contributed by atoms with Crippen molar-refractivity contribution in [2.24, 2.45) is 0 Å². The minimum atomic E-state index is -1.25. The van der Waals surface area contributed by atoms with Crippen LogP contribution in [0.5, 0.6) is 0 Å². The second kappa shape index (κ2) is 11.6. The summed E-state index contributed by atoms with van der Waals surface area (Å²) in [5.41, 5.74) is 1.90. The molecule has 0 aliphatic carbocycles. The summed E-state index contributed by atoms with van der Waals surface area (Å²) in [5, 5.41) is 0.464. The second-order valence-corrected chi connectivity index (χ2v) is 13.0. The van der Waals surface area contributed by atoms with Gasteiger partial charge in [0.05, 0.1) is 15.7 Å². The van der Waals surface area contributed by atoms with Gasteiger partial charge in [-0.2, -0.15) is 0 Å². The number of hydrogen-bond acceptors (Lipinski definition) is 6. The lowest BCUT2D eigenvalue weighted by molar-refractivity contribution is -0.155. The Hall–Kier alpha value is -1.97. The van der Waals surface area contributed by atoms with Gasteiger partial charge in [-0.25, -0.2) is 13.9 Å². The second-order valence-electron chi connectivity index (χ2n) is 10.2. The fourth-order valence-electron chi connectivity index (χ4n) is 3.15. The Morgan fingerprint density at radius 1 is 1.18 bits per heavy atom. The Morgan fingerprint density at radius 2 is 1.79 bits per heavy atom. The van der Waals surface area contributed by atoms with Crippen molar-refractivity contribution in [3.63, 3.8) is 0 Å². The van der Waals surface area contributed by atoms with Gasteiger partial charge in [0, 0.05) is 17.8 Å². The van der Waals surface area contributed by atoms with Crippen LogP contribution in [-0.4, -0.2) is 36.3 Å². The number of carbonyl (C=O) groups excluding carboxylic acids is 1. The van der Waals surface area contributed by atoms with Crippen LogP contribution < -0.4 is 10.3 Å². The fourth-order valence-corrected chi connectivity index (χ4v) is 4.60. The topological polar surface area (TPSA) is 90.3 Å². The number of thioether (sulfide) groups is 1. The SMILES string of the molecule is CSc1nc(CC[C@H](N[S@](=O)C(C)(C)C)c2ccc(C)cc2)cc(=O)n1CC(=O)OC(C)(C)C. The highest BCUT2D eigenvalue weighted by Crippen LogP contribution is 2.23. The minimum Gasteiger partial charge on any atom is -0.459 e. The van der Waals surface area contributed by atoms with Gasteiger partial charge in [-0.05, 0) is 73.1 Å². The third kappa shape index (κ3) is 8.67. The Labute approximate surface area is 209 Å². The monoisotopic (exact) mass is 507 g/mol. The lowest BCUT2D eigenvalue weighted by atomic mass is 10.0. The van der Waals surface area contributed by atoms with Crippen molar-refractivity contribution >= 4 is 28.7 Å². The highest BCUT2D eigenvalue weighted by Gasteiger charge is 2.24. The van der Waals surface area contributed by atoms with Crippen LogP contribution in [0.4, 0.5) is 0 Å². The highest BCUT2D eigenvalue weighted by atomic mass is 32.2. The van der Waals surface area contributed by atoms with Crippen molar-refractivity contribution in [3.05, 3.63) is 57.5 Å². The van der Waals surface area contributed by atoms with E-state index >= 15 is 0 Å². The van der Waals surface area contributed by atoms with Gasteiger partial charge in [-0.1, -0.05) is 41.6 Å². The highest BCUT2D eigenvalue weighted by molar-refractivity contribution is 7.98. The maximum absolute atomic E-state index is 12.8. The number of esters is 1. The molecule has 1 heterocycles. The summed E-state index contributed by atoms with van der Waals surface area (Å²) in [6.45, 7) is 13.0. The summed E-state index contributed by atoms with van der Waals surface area (Å²) in [4.78, 5) is 29.7. The molecule has 0 amide bonds. The Balaban J connectivity index is 2.24. The van der Waals surface area contributed by atoms with E-state index in [9.17, 15) is 13.8 Å². The van der Waals surface area contributed by atoms with Gasteiger partial charge in [-0.3, -0.25) is 14.2 Å². The molecule has 0 bridgehead atoms. The fraction of sp³-hybridized carbons (Fsp3) is 0.560. The summed E-state index contributed by atoms with van der Waals surface area (Å²) >= 11 is 1.31.